The highest BCUT2D eigenvalue weighted by molar-refractivity contribution is 7.92. The molecule has 0 bridgehead atoms. The van der Waals surface area contributed by atoms with Gasteiger partial charge in [0.2, 0.25) is 10.0 Å². The van der Waals surface area contributed by atoms with Crippen molar-refractivity contribution in [2.75, 3.05) is 24.1 Å². The Labute approximate surface area is 96.1 Å². The lowest BCUT2D eigenvalue weighted by molar-refractivity contribution is 0.532. The van der Waals surface area contributed by atoms with Gasteiger partial charge in [0.15, 0.2) is 0 Å². The molecule has 1 rings (SSSR count). The molecular formula is C9H18N4O2S. The van der Waals surface area contributed by atoms with E-state index in [4.69, 9.17) is 0 Å². The van der Waals surface area contributed by atoms with Gasteiger partial charge in [0, 0.05) is 18.8 Å². The van der Waals surface area contributed by atoms with Gasteiger partial charge in [-0.1, -0.05) is 0 Å². The van der Waals surface area contributed by atoms with Crippen LogP contribution in [-0.4, -0.2) is 37.5 Å². The predicted octanol–water partition coefficient (Wildman–Crippen LogP) is 0.425. The highest BCUT2D eigenvalue weighted by atomic mass is 32.2. The van der Waals surface area contributed by atoms with E-state index in [1.807, 2.05) is 13.8 Å². The average Bonchev–Trinajstić information content (AvgIpc) is 2.62. The van der Waals surface area contributed by atoms with E-state index in [-0.39, 0.29) is 11.8 Å². The van der Waals surface area contributed by atoms with Gasteiger partial charge >= 0.3 is 0 Å². The molecule has 2 N–H and O–H groups in total. The van der Waals surface area contributed by atoms with Gasteiger partial charge in [0.1, 0.15) is 0 Å². The van der Waals surface area contributed by atoms with Gasteiger partial charge in [-0.15, -0.1) is 0 Å². The number of nitrogens with zero attached hydrogens (tertiary/aromatic N) is 2. The number of rotatable bonds is 6. The van der Waals surface area contributed by atoms with Crippen LogP contribution in [0.4, 0.5) is 5.69 Å². The molecule has 92 valence electrons. The minimum absolute atomic E-state index is 0.0519. The minimum Gasteiger partial charge on any atom is -0.319 e. The molecule has 0 amide bonds. The molecule has 0 aliphatic rings. The van der Waals surface area contributed by atoms with Crippen molar-refractivity contribution < 1.29 is 8.42 Å². The number of anilines is 1. The summed E-state index contributed by atoms with van der Waals surface area (Å²) in [6, 6.07) is 0.218. The van der Waals surface area contributed by atoms with Crippen LogP contribution in [0.25, 0.3) is 0 Å². The van der Waals surface area contributed by atoms with Crippen molar-refractivity contribution in [3.63, 3.8) is 0 Å². The molecule has 0 unspecified atom stereocenters. The Morgan fingerprint density at radius 3 is 2.69 bits per heavy atom. The van der Waals surface area contributed by atoms with E-state index in [0.29, 0.717) is 12.2 Å². The minimum atomic E-state index is -3.27. The highest BCUT2D eigenvalue weighted by Crippen LogP contribution is 2.11. The number of nitrogens with one attached hydrogen (secondary N) is 2. The molecule has 7 heteroatoms. The highest BCUT2D eigenvalue weighted by Gasteiger charge is 2.11. The van der Waals surface area contributed by atoms with Crippen molar-refractivity contribution in [2.45, 2.75) is 19.9 Å². The zero-order valence-corrected chi connectivity index (χ0v) is 10.6. The first kappa shape index (κ1) is 13.0. The smallest absolute Gasteiger partial charge is 0.234 e. The van der Waals surface area contributed by atoms with Crippen LogP contribution in [-0.2, 0) is 10.0 Å². The predicted molar refractivity (Wildman–Crippen MR) is 63.9 cm³/mol. The molecular weight excluding hydrogens is 228 g/mol. The van der Waals surface area contributed by atoms with E-state index in [0.717, 1.165) is 0 Å². The van der Waals surface area contributed by atoms with Crippen LogP contribution >= 0.6 is 0 Å². The summed E-state index contributed by atoms with van der Waals surface area (Å²) in [5, 5.41) is 6.85. The molecule has 1 aromatic rings. The summed E-state index contributed by atoms with van der Waals surface area (Å²) in [6.45, 7) is 4.38. The molecule has 0 aromatic carbocycles. The molecule has 0 aliphatic heterocycles. The zero-order valence-electron chi connectivity index (χ0n) is 9.77. The first-order valence-electron chi connectivity index (χ1n) is 5.14. The Morgan fingerprint density at radius 1 is 1.50 bits per heavy atom. The van der Waals surface area contributed by atoms with E-state index >= 15 is 0 Å². The fourth-order valence-corrected chi connectivity index (χ4v) is 2.18. The van der Waals surface area contributed by atoms with Crippen LogP contribution in [0.1, 0.15) is 19.9 Å². The van der Waals surface area contributed by atoms with E-state index in [9.17, 15) is 8.42 Å². The third-order valence-electron chi connectivity index (χ3n) is 2.02. The van der Waals surface area contributed by atoms with Crippen molar-refractivity contribution in [3.05, 3.63) is 12.4 Å². The van der Waals surface area contributed by atoms with Crippen molar-refractivity contribution in [2.24, 2.45) is 0 Å². The normalized spacial score (nSPS) is 12.0. The summed E-state index contributed by atoms with van der Waals surface area (Å²) in [7, 11) is -1.56. The van der Waals surface area contributed by atoms with Crippen molar-refractivity contribution in [1.29, 1.82) is 0 Å². The first-order valence-corrected chi connectivity index (χ1v) is 6.79. The monoisotopic (exact) mass is 246 g/mol. The van der Waals surface area contributed by atoms with Gasteiger partial charge in [-0.25, -0.2) is 8.42 Å². The molecule has 6 nitrogen and oxygen atoms in total. The Hall–Kier alpha value is -1.08. The van der Waals surface area contributed by atoms with Crippen molar-refractivity contribution in [3.8, 4) is 0 Å². The Balaban J connectivity index is 2.65. The van der Waals surface area contributed by atoms with Gasteiger partial charge < -0.3 is 5.32 Å². The van der Waals surface area contributed by atoms with Crippen LogP contribution < -0.4 is 10.0 Å². The third kappa shape index (κ3) is 3.82. The van der Waals surface area contributed by atoms with Crippen LogP contribution in [0.15, 0.2) is 12.4 Å². The molecule has 0 saturated carbocycles. The summed E-state index contributed by atoms with van der Waals surface area (Å²) >= 11 is 0. The third-order valence-corrected chi connectivity index (χ3v) is 3.31. The average molecular weight is 246 g/mol. The number of hydrogen-bond donors (Lipinski definition) is 2. The van der Waals surface area contributed by atoms with Crippen LogP contribution in [0.2, 0.25) is 0 Å². The molecule has 0 radical (unpaired) electrons. The SMILES string of the molecule is CNCCS(=O)(=O)Nc1cnn(C(C)C)c1. The number of hydrogen-bond acceptors (Lipinski definition) is 4. The summed E-state index contributed by atoms with van der Waals surface area (Å²) in [5.41, 5.74) is 0.504. The fraction of sp³-hybridized carbons (Fsp3) is 0.667. The second-order valence-electron chi connectivity index (χ2n) is 3.83. The van der Waals surface area contributed by atoms with E-state index in [1.165, 1.54) is 6.20 Å². The second kappa shape index (κ2) is 5.31. The molecule has 0 fully saturated rings. The zero-order chi connectivity index (χ0) is 12.2. The van der Waals surface area contributed by atoms with E-state index in [1.54, 1.807) is 17.9 Å². The van der Waals surface area contributed by atoms with Crippen LogP contribution in [0.3, 0.4) is 0 Å². The summed E-state index contributed by atoms with van der Waals surface area (Å²) in [4.78, 5) is 0. The van der Waals surface area contributed by atoms with Gasteiger partial charge in [0.25, 0.3) is 0 Å². The lowest BCUT2D eigenvalue weighted by Gasteiger charge is -2.05. The standard InChI is InChI=1S/C9H18N4O2S/c1-8(2)13-7-9(6-11-13)12-16(14,15)5-4-10-3/h6-8,10,12H,4-5H2,1-3H3. The van der Waals surface area contributed by atoms with Gasteiger partial charge in [-0.3, -0.25) is 9.40 Å². The first-order chi connectivity index (χ1) is 7.44. The molecule has 0 spiro atoms. The maximum Gasteiger partial charge on any atom is 0.234 e. The lowest BCUT2D eigenvalue weighted by Crippen LogP contribution is -2.24. The molecule has 1 aromatic heterocycles. The Morgan fingerprint density at radius 2 is 2.19 bits per heavy atom. The fourth-order valence-electron chi connectivity index (χ4n) is 1.14. The Kier molecular flexibility index (Phi) is 4.31. The lowest BCUT2D eigenvalue weighted by atomic mass is 10.4. The summed E-state index contributed by atoms with van der Waals surface area (Å²) < 4.78 is 27.3. The van der Waals surface area contributed by atoms with E-state index < -0.39 is 10.0 Å². The Bertz CT molecular complexity index is 424. The maximum absolute atomic E-state index is 11.5. The van der Waals surface area contributed by atoms with Gasteiger partial charge in [-0.05, 0) is 20.9 Å². The quantitative estimate of drug-likeness (QED) is 0.763. The van der Waals surface area contributed by atoms with Gasteiger partial charge in [0.05, 0.1) is 17.6 Å². The largest absolute Gasteiger partial charge is 0.319 e. The molecule has 1 heterocycles. The topological polar surface area (TPSA) is 76.0 Å². The molecule has 0 saturated heterocycles. The van der Waals surface area contributed by atoms with Gasteiger partial charge in [-0.2, -0.15) is 5.10 Å². The second-order valence-corrected chi connectivity index (χ2v) is 5.67. The number of aromatic nitrogens is 2. The van der Waals surface area contributed by atoms with Crippen molar-refractivity contribution >= 4 is 15.7 Å². The summed E-state index contributed by atoms with van der Waals surface area (Å²) in [6.07, 6.45) is 3.19. The summed E-state index contributed by atoms with van der Waals surface area (Å²) in [5.74, 6) is 0.0519. The molecule has 0 aliphatic carbocycles. The maximum atomic E-state index is 11.5. The number of sulfonamides is 1. The molecule has 0 atom stereocenters. The molecule has 16 heavy (non-hydrogen) atoms. The van der Waals surface area contributed by atoms with Crippen molar-refractivity contribution in [1.82, 2.24) is 15.1 Å². The van der Waals surface area contributed by atoms with Crippen LogP contribution in [0.5, 0.6) is 0 Å². The van der Waals surface area contributed by atoms with E-state index in [2.05, 4.69) is 15.1 Å². The van der Waals surface area contributed by atoms with Crippen LogP contribution in [0, 0.1) is 0 Å².